The zero-order valence-electron chi connectivity index (χ0n) is 18.1. The molecule has 0 spiro atoms. The summed E-state index contributed by atoms with van der Waals surface area (Å²) in [5, 5.41) is 14.4. The SMILES string of the molecule is Cc1ccc(-c2cc(C(=O)N[C@H](C)c3ccc(C(F)(F)F)[n+]([O-])c3)nc(C(C)C)n2)cc1. The molecule has 0 saturated heterocycles. The average Bonchev–Trinajstić information content (AvgIpc) is 2.72. The third kappa shape index (κ3) is 5.22. The molecule has 0 fully saturated rings. The standard InChI is InChI=1S/C23H23F3N4O2/c1-13(2)21-28-18(16-7-5-14(3)6-8-16)11-19(29-21)22(31)27-15(4)17-9-10-20(23(24,25)26)30(32)12-17/h5-13,15H,1-4H3,(H,27,31)/t15-/m1/s1. The van der Waals surface area contributed by atoms with E-state index in [2.05, 4.69) is 15.3 Å². The van der Waals surface area contributed by atoms with Crippen molar-refractivity contribution in [2.75, 3.05) is 0 Å². The van der Waals surface area contributed by atoms with Crippen LogP contribution in [0.25, 0.3) is 11.3 Å². The number of benzene rings is 1. The second-order valence-corrected chi connectivity index (χ2v) is 7.88. The molecule has 1 atom stereocenters. The van der Waals surface area contributed by atoms with Crippen molar-refractivity contribution in [2.24, 2.45) is 0 Å². The molecule has 3 aromatic rings. The lowest BCUT2D eigenvalue weighted by Gasteiger charge is -2.16. The summed E-state index contributed by atoms with van der Waals surface area (Å²) in [4.78, 5) is 21.8. The third-order valence-electron chi connectivity index (χ3n) is 4.92. The average molecular weight is 444 g/mol. The molecule has 0 aliphatic rings. The van der Waals surface area contributed by atoms with Crippen LogP contribution in [0.15, 0.2) is 48.7 Å². The van der Waals surface area contributed by atoms with Gasteiger partial charge in [0.15, 0.2) is 6.20 Å². The highest BCUT2D eigenvalue weighted by atomic mass is 19.4. The quantitative estimate of drug-likeness (QED) is 0.456. The molecule has 1 N–H and O–H groups in total. The Kier molecular flexibility index (Phi) is 6.47. The number of hydrogen-bond acceptors (Lipinski definition) is 4. The normalized spacial score (nSPS) is 12.6. The van der Waals surface area contributed by atoms with E-state index in [-0.39, 0.29) is 21.9 Å². The van der Waals surface area contributed by atoms with Gasteiger partial charge in [0.1, 0.15) is 11.5 Å². The molecule has 0 aliphatic heterocycles. The third-order valence-corrected chi connectivity index (χ3v) is 4.92. The number of nitrogens with zero attached hydrogens (tertiary/aromatic N) is 3. The van der Waals surface area contributed by atoms with Crippen LogP contribution in [-0.2, 0) is 6.18 Å². The minimum absolute atomic E-state index is 0.0290. The molecule has 0 bridgehead atoms. The monoisotopic (exact) mass is 444 g/mol. The van der Waals surface area contributed by atoms with Gasteiger partial charge >= 0.3 is 6.18 Å². The number of rotatable bonds is 5. The molecule has 0 radical (unpaired) electrons. The summed E-state index contributed by atoms with van der Waals surface area (Å²) in [6.07, 6.45) is -3.95. The highest BCUT2D eigenvalue weighted by Gasteiger charge is 2.39. The molecule has 168 valence electrons. The van der Waals surface area contributed by atoms with E-state index in [0.29, 0.717) is 17.6 Å². The summed E-state index contributed by atoms with van der Waals surface area (Å²) in [6, 6.07) is 10.4. The van der Waals surface area contributed by atoms with Crippen LogP contribution in [0.5, 0.6) is 0 Å². The van der Waals surface area contributed by atoms with Gasteiger partial charge in [0, 0.05) is 23.1 Å². The van der Waals surface area contributed by atoms with Crippen LogP contribution >= 0.6 is 0 Å². The number of carbonyl (C=O) groups excluding carboxylic acids is 1. The molecular weight excluding hydrogens is 421 g/mol. The Bertz CT molecular complexity index is 1130. The Morgan fingerprint density at radius 3 is 2.28 bits per heavy atom. The highest BCUT2D eigenvalue weighted by molar-refractivity contribution is 5.93. The first kappa shape index (κ1) is 23.2. The predicted molar refractivity (Wildman–Crippen MR) is 113 cm³/mol. The van der Waals surface area contributed by atoms with Crippen LogP contribution in [0, 0.1) is 12.1 Å². The van der Waals surface area contributed by atoms with Crippen molar-refractivity contribution in [1.29, 1.82) is 0 Å². The number of aromatic nitrogens is 3. The number of hydrogen-bond donors (Lipinski definition) is 1. The molecule has 1 aromatic carbocycles. The molecule has 0 aliphatic carbocycles. The van der Waals surface area contributed by atoms with Crippen molar-refractivity contribution in [3.05, 3.63) is 82.2 Å². The van der Waals surface area contributed by atoms with E-state index in [1.807, 2.05) is 45.0 Å². The minimum Gasteiger partial charge on any atom is -0.618 e. The molecule has 2 heterocycles. The van der Waals surface area contributed by atoms with Crippen molar-refractivity contribution < 1.29 is 22.7 Å². The lowest BCUT2D eigenvalue weighted by molar-refractivity contribution is -0.629. The fourth-order valence-corrected chi connectivity index (χ4v) is 3.04. The van der Waals surface area contributed by atoms with Crippen LogP contribution in [0.3, 0.4) is 0 Å². The Hall–Kier alpha value is -3.49. The number of amides is 1. The maximum atomic E-state index is 12.9. The summed E-state index contributed by atoms with van der Waals surface area (Å²) in [6.45, 7) is 7.36. The van der Waals surface area contributed by atoms with Gasteiger partial charge in [-0.1, -0.05) is 43.7 Å². The highest BCUT2D eigenvalue weighted by Crippen LogP contribution is 2.27. The minimum atomic E-state index is -4.76. The van der Waals surface area contributed by atoms with Crippen LogP contribution in [-0.4, -0.2) is 15.9 Å². The number of nitrogens with one attached hydrogen (secondary N) is 1. The van der Waals surface area contributed by atoms with Gasteiger partial charge in [0.05, 0.1) is 11.7 Å². The Morgan fingerprint density at radius 2 is 1.72 bits per heavy atom. The molecule has 2 aromatic heterocycles. The molecule has 6 nitrogen and oxygen atoms in total. The Labute approximate surface area is 183 Å². The van der Waals surface area contributed by atoms with Gasteiger partial charge in [-0.05, 0) is 26.0 Å². The molecule has 3 rings (SSSR count). The van der Waals surface area contributed by atoms with Gasteiger partial charge in [0.25, 0.3) is 11.6 Å². The second-order valence-electron chi connectivity index (χ2n) is 7.88. The van der Waals surface area contributed by atoms with Gasteiger partial charge in [-0.15, -0.1) is 0 Å². The molecular formula is C23H23F3N4O2. The summed E-state index contributed by atoms with van der Waals surface area (Å²) >= 11 is 0. The van der Waals surface area contributed by atoms with Crippen LogP contribution < -0.4 is 10.0 Å². The molecule has 9 heteroatoms. The van der Waals surface area contributed by atoms with Crippen molar-refractivity contribution in [3.8, 4) is 11.3 Å². The molecule has 0 unspecified atom stereocenters. The van der Waals surface area contributed by atoms with E-state index in [4.69, 9.17) is 0 Å². The topological polar surface area (TPSA) is 81.8 Å². The Morgan fingerprint density at radius 1 is 1.06 bits per heavy atom. The van der Waals surface area contributed by atoms with E-state index < -0.39 is 23.8 Å². The first-order valence-electron chi connectivity index (χ1n) is 10.0. The van der Waals surface area contributed by atoms with Crippen LogP contribution in [0.4, 0.5) is 13.2 Å². The van der Waals surface area contributed by atoms with Crippen LogP contribution in [0.2, 0.25) is 0 Å². The molecule has 32 heavy (non-hydrogen) atoms. The van der Waals surface area contributed by atoms with E-state index in [1.165, 1.54) is 6.07 Å². The largest absolute Gasteiger partial charge is 0.618 e. The maximum Gasteiger partial charge on any atom is 0.478 e. The van der Waals surface area contributed by atoms with Crippen molar-refractivity contribution in [2.45, 2.75) is 45.8 Å². The van der Waals surface area contributed by atoms with Gasteiger partial charge < -0.3 is 10.5 Å². The number of alkyl halides is 3. The smallest absolute Gasteiger partial charge is 0.478 e. The number of halogens is 3. The van der Waals surface area contributed by atoms with Crippen molar-refractivity contribution in [1.82, 2.24) is 15.3 Å². The van der Waals surface area contributed by atoms with Gasteiger partial charge in [-0.3, -0.25) is 4.79 Å². The van der Waals surface area contributed by atoms with E-state index in [1.54, 1.807) is 13.0 Å². The van der Waals surface area contributed by atoms with Crippen molar-refractivity contribution in [3.63, 3.8) is 0 Å². The number of carbonyl (C=O) groups is 1. The fourth-order valence-electron chi connectivity index (χ4n) is 3.04. The van der Waals surface area contributed by atoms with E-state index >= 15 is 0 Å². The summed E-state index contributed by atoms with van der Waals surface area (Å²) in [5.74, 6) is -0.0565. The summed E-state index contributed by atoms with van der Waals surface area (Å²) in [7, 11) is 0. The second kappa shape index (κ2) is 8.94. The van der Waals surface area contributed by atoms with Gasteiger partial charge in [-0.25, -0.2) is 9.97 Å². The van der Waals surface area contributed by atoms with E-state index in [9.17, 15) is 23.2 Å². The number of pyridine rings is 1. The van der Waals surface area contributed by atoms with Crippen molar-refractivity contribution >= 4 is 5.91 Å². The van der Waals surface area contributed by atoms with Gasteiger partial charge in [0.2, 0.25) is 0 Å². The first-order chi connectivity index (χ1) is 15.0. The fraction of sp³-hybridized carbons (Fsp3) is 0.304. The lowest BCUT2D eigenvalue weighted by Crippen LogP contribution is -2.38. The maximum absolute atomic E-state index is 12.9. The molecule has 1 amide bonds. The van der Waals surface area contributed by atoms with Gasteiger partial charge in [-0.2, -0.15) is 17.9 Å². The zero-order chi connectivity index (χ0) is 23.6. The zero-order valence-corrected chi connectivity index (χ0v) is 18.1. The first-order valence-corrected chi connectivity index (χ1v) is 10.0. The Balaban J connectivity index is 1.88. The van der Waals surface area contributed by atoms with Crippen LogP contribution in [0.1, 0.15) is 65.9 Å². The number of aryl methyl sites for hydroxylation is 1. The summed E-state index contributed by atoms with van der Waals surface area (Å²) < 4.78 is 38.2. The molecule has 0 saturated carbocycles. The van der Waals surface area contributed by atoms with E-state index in [0.717, 1.165) is 17.3 Å². The lowest BCUT2D eigenvalue weighted by atomic mass is 10.1. The summed E-state index contributed by atoms with van der Waals surface area (Å²) in [5.41, 5.74) is 1.56. The predicted octanol–water partition coefficient (Wildman–Crippen LogP) is 4.72.